The van der Waals surface area contributed by atoms with Crippen LogP contribution in [-0.4, -0.2) is 12.5 Å². The fraction of sp³-hybridized carbons (Fsp3) is 0.235. The molecule has 0 saturated carbocycles. The zero-order chi connectivity index (χ0) is 15.0. The van der Waals surface area contributed by atoms with Crippen LogP contribution in [-0.2, 0) is 6.42 Å². The molecule has 2 aromatic carbocycles. The van der Waals surface area contributed by atoms with Crippen LogP contribution in [0.1, 0.15) is 37.4 Å². The number of hydrogen-bond acceptors (Lipinski definition) is 1. The number of amides is 1. The van der Waals surface area contributed by atoms with Gasteiger partial charge < -0.3 is 5.32 Å². The summed E-state index contributed by atoms with van der Waals surface area (Å²) in [6.07, 6.45) is 0.908. The highest BCUT2D eigenvalue weighted by atomic mass is 79.9. The van der Waals surface area contributed by atoms with Crippen molar-refractivity contribution in [2.45, 2.75) is 18.2 Å². The Morgan fingerprint density at radius 2 is 2.00 bits per heavy atom. The van der Waals surface area contributed by atoms with Gasteiger partial charge in [-0.3, -0.25) is 4.79 Å². The third-order valence-electron chi connectivity index (χ3n) is 3.86. The summed E-state index contributed by atoms with van der Waals surface area (Å²) < 4.78 is 1.08. The second-order valence-electron chi connectivity index (χ2n) is 5.29. The van der Waals surface area contributed by atoms with Crippen molar-refractivity contribution >= 4 is 37.8 Å². The van der Waals surface area contributed by atoms with E-state index in [0.29, 0.717) is 0 Å². The minimum absolute atomic E-state index is 0.0327. The van der Waals surface area contributed by atoms with E-state index in [-0.39, 0.29) is 10.7 Å². The predicted octanol–water partition coefficient (Wildman–Crippen LogP) is 4.53. The largest absolute Gasteiger partial charge is 0.352 e. The highest BCUT2D eigenvalue weighted by Gasteiger charge is 2.20. The maximum absolute atomic E-state index is 12.0. The normalized spacial score (nSPS) is 15.3. The second kappa shape index (κ2) is 5.93. The van der Waals surface area contributed by atoms with Crippen LogP contribution in [0.25, 0.3) is 0 Å². The first kappa shape index (κ1) is 14.8. The Bertz CT molecular complexity index is 712. The van der Waals surface area contributed by atoms with Gasteiger partial charge in [0.1, 0.15) is 0 Å². The van der Waals surface area contributed by atoms with E-state index in [0.717, 1.165) is 34.1 Å². The lowest BCUT2D eigenvalue weighted by Gasteiger charge is -2.20. The summed E-state index contributed by atoms with van der Waals surface area (Å²) in [5, 5.41) is 2.90. The summed E-state index contributed by atoms with van der Waals surface area (Å²) in [7, 11) is 0. The maximum Gasteiger partial charge on any atom is 0.251 e. The zero-order valence-corrected chi connectivity index (χ0v) is 14.8. The molecule has 0 fully saturated rings. The summed E-state index contributed by atoms with van der Waals surface area (Å²) in [5.74, 6) is 0.0327. The number of benzene rings is 2. The molecule has 1 aliphatic heterocycles. The van der Waals surface area contributed by atoms with Gasteiger partial charge in [0.25, 0.3) is 5.91 Å². The van der Waals surface area contributed by atoms with E-state index in [1.807, 2.05) is 12.1 Å². The van der Waals surface area contributed by atoms with Gasteiger partial charge in [0, 0.05) is 16.6 Å². The highest BCUT2D eigenvalue weighted by Crippen LogP contribution is 2.35. The molecule has 0 bridgehead atoms. The van der Waals surface area contributed by atoms with Crippen molar-refractivity contribution in [3.05, 3.63) is 68.7 Å². The van der Waals surface area contributed by atoms with Gasteiger partial charge in [-0.2, -0.15) is 0 Å². The topological polar surface area (TPSA) is 29.1 Å². The fourth-order valence-corrected chi connectivity index (χ4v) is 3.96. The molecule has 1 atom stereocenters. The molecule has 2 nitrogen and oxygen atoms in total. The molecule has 3 rings (SSSR count). The first-order chi connectivity index (χ1) is 10.1. The third-order valence-corrected chi connectivity index (χ3v) is 5.37. The van der Waals surface area contributed by atoms with Crippen molar-refractivity contribution in [3.63, 3.8) is 0 Å². The molecule has 21 heavy (non-hydrogen) atoms. The van der Waals surface area contributed by atoms with E-state index >= 15 is 0 Å². The lowest BCUT2D eigenvalue weighted by Crippen LogP contribution is -2.31. The van der Waals surface area contributed by atoms with Gasteiger partial charge in [0.05, 0.1) is 4.83 Å². The monoisotopic (exact) mass is 407 g/mol. The summed E-state index contributed by atoms with van der Waals surface area (Å²) in [6, 6.07) is 12.4. The Labute approximate surface area is 141 Å². The van der Waals surface area contributed by atoms with E-state index in [9.17, 15) is 4.79 Å². The summed E-state index contributed by atoms with van der Waals surface area (Å²) in [4.78, 5) is 12.1. The van der Waals surface area contributed by atoms with Crippen LogP contribution < -0.4 is 5.32 Å². The van der Waals surface area contributed by atoms with Gasteiger partial charge in [-0.1, -0.05) is 50.1 Å². The van der Waals surface area contributed by atoms with Crippen molar-refractivity contribution in [3.8, 4) is 0 Å². The molecule has 4 heteroatoms. The molecule has 1 N–H and O–H groups in total. The number of alkyl halides is 1. The van der Waals surface area contributed by atoms with E-state index in [1.54, 1.807) is 0 Å². The van der Waals surface area contributed by atoms with Crippen LogP contribution in [0.4, 0.5) is 0 Å². The first-order valence-corrected chi connectivity index (χ1v) is 8.58. The number of fused-ring (bicyclic) bond motifs is 1. The van der Waals surface area contributed by atoms with Crippen molar-refractivity contribution < 1.29 is 4.79 Å². The van der Waals surface area contributed by atoms with Crippen LogP contribution in [0, 0.1) is 6.92 Å². The van der Waals surface area contributed by atoms with E-state index < -0.39 is 0 Å². The lowest BCUT2D eigenvalue weighted by molar-refractivity contribution is 0.0946. The lowest BCUT2D eigenvalue weighted by atomic mass is 9.94. The Morgan fingerprint density at radius 3 is 2.76 bits per heavy atom. The fourth-order valence-electron chi connectivity index (χ4n) is 2.69. The van der Waals surface area contributed by atoms with Gasteiger partial charge in [0.2, 0.25) is 0 Å². The molecule has 1 unspecified atom stereocenters. The van der Waals surface area contributed by atoms with Crippen LogP contribution in [0.5, 0.6) is 0 Å². The molecule has 0 spiro atoms. The molecule has 1 heterocycles. The molecular weight excluding hydrogens is 394 g/mol. The van der Waals surface area contributed by atoms with E-state index in [4.69, 9.17) is 0 Å². The smallest absolute Gasteiger partial charge is 0.251 e. The average molecular weight is 409 g/mol. The number of hydrogen-bond donors (Lipinski definition) is 1. The predicted molar refractivity (Wildman–Crippen MR) is 92.1 cm³/mol. The number of carbonyl (C=O) groups excluding carboxylic acids is 1. The number of carbonyl (C=O) groups is 1. The molecule has 108 valence electrons. The first-order valence-electron chi connectivity index (χ1n) is 6.87. The Kier molecular flexibility index (Phi) is 4.18. The quantitative estimate of drug-likeness (QED) is 0.726. The number of rotatable bonds is 2. The van der Waals surface area contributed by atoms with Gasteiger partial charge in [-0.05, 0) is 53.8 Å². The highest BCUT2D eigenvalue weighted by molar-refractivity contribution is 9.10. The molecule has 0 saturated heterocycles. The molecule has 0 aromatic heterocycles. The number of nitrogens with one attached hydrogen (secondary N) is 1. The zero-order valence-electron chi connectivity index (χ0n) is 11.6. The van der Waals surface area contributed by atoms with Crippen molar-refractivity contribution in [1.29, 1.82) is 0 Å². The van der Waals surface area contributed by atoms with Gasteiger partial charge in [-0.15, -0.1) is 0 Å². The molecule has 2 aromatic rings. The van der Waals surface area contributed by atoms with Crippen LogP contribution >= 0.6 is 31.9 Å². The Balaban J connectivity index is 2.00. The third kappa shape index (κ3) is 2.92. The average Bonchev–Trinajstić information content (AvgIpc) is 2.47. The standard InChI is InChI=1S/C17H15Br2NO/c1-10-8-13(18)4-5-14(10)16(19)12-3-2-11-6-7-20-17(21)15(11)9-12/h2-5,8-9,16H,6-7H2,1H3,(H,20,21). The minimum atomic E-state index is 0.0327. The SMILES string of the molecule is Cc1cc(Br)ccc1C(Br)c1ccc2c(c1)C(=O)NCC2. The number of halogens is 2. The van der Waals surface area contributed by atoms with E-state index in [2.05, 4.69) is 68.4 Å². The Hall–Kier alpha value is -1.13. The molecule has 0 radical (unpaired) electrons. The van der Waals surface area contributed by atoms with E-state index in [1.165, 1.54) is 11.1 Å². The summed E-state index contributed by atoms with van der Waals surface area (Å²) in [5.41, 5.74) is 5.48. The van der Waals surface area contributed by atoms with Crippen molar-refractivity contribution in [2.75, 3.05) is 6.54 Å². The van der Waals surface area contributed by atoms with Gasteiger partial charge >= 0.3 is 0 Å². The van der Waals surface area contributed by atoms with Crippen molar-refractivity contribution in [1.82, 2.24) is 5.32 Å². The number of aryl methyl sites for hydroxylation is 1. The minimum Gasteiger partial charge on any atom is -0.352 e. The molecule has 1 aliphatic rings. The van der Waals surface area contributed by atoms with Gasteiger partial charge in [-0.25, -0.2) is 0 Å². The van der Waals surface area contributed by atoms with Gasteiger partial charge in [0.15, 0.2) is 0 Å². The molecule has 0 aliphatic carbocycles. The van der Waals surface area contributed by atoms with Crippen molar-refractivity contribution in [2.24, 2.45) is 0 Å². The summed E-state index contributed by atoms with van der Waals surface area (Å²) in [6.45, 7) is 2.83. The summed E-state index contributed by atoms with van der Waals surface area (Å²) >= 11 is 7.26. The van der Waals surface area contributed by atoms with Crippen LogP contribution in [0.3, 0.4) is 0 Å². The second-order valence-corrected chi connectivity index (χ2v) is 7.12. The molecular formula is C17H15Br2NO. The molecule has 1 amide bonds. The van der Waals surface area contributed by atoms with Crippen LogP contribution in [0.15, 0.2) is 40.9 Å². The Morgan fingerprint density at radius 1 is 1.19 bits per heavy atom. The van der Waals surface area contributed by atoms with Crippen LogP contribution in [0.2, 0.25) is 0 Å². The maximum atomic E-state index is 12.0.